The second-order valence-electron chi connectivity index (χ2n) is 38.5. The summed E-state index contributed by atoms with van der Waals surface area (Å²) in [5.41, 5.74) is 0.264. The molecule has 18 rings (SSSR count). The number of rotatable bonds is 14. The molecule has 0 N–H and O–H groups in total. The highest BCUT2D eigenvalue weighted by Crippen LogP contribution is 2.74. The van der Waals surface area contributed by atoms with Crippen molar-refractivity contribution in [2.24, 2.45) is 127 Å². The summed E-state index contributed by atoms with van der Waals surface area (Å²) in [5.74, 6) is -1.00. The monoisotopic (exact) mass is 1600 g/mol. The van der Waals surface area contributed by atoms with Gasteiger partial charge in [-0.25, -0.2) is 33.6 Å². The molecule has 0 aromatic heterocycles. The molecule has 0 aromatic carbocycles. The molecule has 18 fully saturated rings. The summed E-state index contributed by atoms with van der Waals surface area (Å²) >= 11 is 0. The Morgan fingerprint density at radius 1 is 0.409 bits per heavy atom. The summed E-state index contributed by atoms with van der Waals surface area (Å²) in [5, 5.41) is 9.50. The molecule has 115 heavy (non-hydrogen) atoms. The Bertz CT molecular complexity index is 4210. The van der Waals surface area contributed by atoms with Crippen LogP contribution in [0, 0.1) is 138 Å². The van der Waals surface area contributed by atoms with Gasteiger partial charge in [0.25, 0.3) is 0 Å². The molecule has 0 amide bonds. The molecule has 6 saturated heterocycles. The van der Waals surface area contributed by atoms with Crippen LogP contribution in [0.1, 0.15) is 180 Å². The van der Waals surface area contributed by atoms with Crippen molar-refractivity contribution in [3.8, 4) is 6.07 Å². The van der Waals surface area contributed by atoms with Gasteiger partial charge in [0.15, 0.2) is 6.61 Å². The third-order valence-electron chi connectivity index (χ3n) is 31.5. The van der Waals surface area contributed by atoms with E-state index in [9.17, 15) is 67.6 Å². The number of hydrogen-bond acceptors (Lipinski definition) is 27. The number of carbonyl (C=O) groups is 13. The van der Waals surface area contributed by atoms with E-state index in [2.05, 4.69) is 115 Å². The summed E-state index contributed by atoms with van der Waals surface area (Å²) in [6.45, 7) is 47.3. The third-order valence-corrected chi connectivity index (χ3v) is 31.5. The maximum atomic E-state index is 11.8. The number of ether oxygens (including phenoxy) is 13. The van der Waals surface area contributed by atoms with Gasteiger partial charge < -0.3 is 61.6 Å². The zero-order chi connectivity index (χ0) is 84.0. The van der Waals surface area contributed by atoms with E-state index in [0.29, 0.717) is 73.8 Å². The molecule has 12 aliphatic carbocycles. The lowest BCUT2D eigenvalue weighted by Gasteiger charge is -2.37. The lowest BCUT2D eigenvalue weighted by molar-refractivity contribution is -0.164. The maximum absolute atomic E-state index is 11.8. The van der Waals surface area contributed by atoms with E-state index in [1.54, 1.807) is 13.8 Å². The van der Waals surface area contributed by atoms with Crippen LogP contribution in [-0.4, -0.2) is 157 Å². The van der Waals surface area contributed by atoms with E-state index < -0.39 is 36.0 Å². The fourth-order valence-electron chi connectivity index (χ4n) is 26.1. The van der Waals surface area contributed by atoms with Gasteiger partial charge in [0, 0.05) is 135 Å². The Morgan fingerprint density at radius 3 is 1.28 bits per heavy atom. The summed E-state index contributed by atoms with van der Waals surface area (Å²) in [6, 6.07) is 2.30. The first-order valence-corrected chi connectivity index (χ1v) is 40.6. The summed E-state index contributed by atoms with van der Waals surface area (Å²) in [7, 11) is 0. The van der Waals surface area contributed by atoms with Crippen LogP contribution in [0.3, 0.4) is 0 Å². The van der Waals surface area contributed by atoms with Crippen LogP contribution in [0.15, 0.2) is 74.4 Å². The van der Waals surface area contributed by atoms with Crippen LogP contribution in [0.4, 0.5) is 0 Å². The zero-order valence-electron chi connectivity index (χ0n) is 68.2. The standard InChI is InChI=1S/C16H22O4.C15H18O6.2C15H20O4.C14H18O4.C13H13NO4/c1-8(2)14(18)19-10-7-16(5)13-9(6-11(17)20-13)12(10)15(16,3)4;1-7(2)15(18)19-6-13(17)20-11-4-8-3-9(11)10-5-12(16)21-14(8)10;1-7(2)14(17)18-10-6-9-13-8(5-11(16)19-13)12(10)15(9,3)4;1-5-10(16)18-9-7-15(4)13-8(6-11(17)19-13)12(9)14(15,2)3;1-4-10(15)17-9-6-8-13-7(5-11(16)18-13)12(9)14(8,2)3;1-2-10(15)17-9-3-7-5-13(9,6-14)8-4-11(16)18-12(7)8/h9-10,12-13H,1,6-7H2,2-5H3;8-11,14H,1,3-6H2,2H3;8-10,12-13H,1,5-6H2,2-4H3;5,8-9,12-13H,1,6-7H2,2-4H3;4,7-9,12-13H,1,5-6H2,2-3H3;2,7-9,12H,1,3-5H2. The van der Waals surface area contributed by atoms with Crippen molar-refractivity contribution in [3.63, 3.8) is 0 Å². The Balaban J connectivity index is 0.000000120. The molecule has 624 valence electrons. The number of hydrogen-bond donors (Lipinski definition) is 0. The van der Waals surface area contributed by atoms with Crippen LogP contribution in [0.2, 0.25) is 0 Å². The minimum atomic E-state index is -0.750. The van der Waals surface area contributed by atoms with E-state index in [0.717, 1.165) is 44.6 Å². The minimum Gasteiger partial charge on any atom is -0.462 e. The second-order valence-corrected chi connectivity index (χ2v) is 38.5. The Kier molecular flexibility index (Phi) is 22.0. The van der Waals surface area contributed by atoms with Crippen molar-refractivity contribution in [1.29, 1.82) is 5.26 Å². The lowest BCUT2D eigenvalue weighted by Crippen LogP contribution is -2.42. The first-order chi connectivity index (χ1) is 53.8. The lowest BCUT2D eigenvalue weighted by atomic mass is 9.70. The highest BCUT2D eigenvalue weighted by molar-refractivity contribution is 5.89. The minimum absolute atomic E-state index is 0.00303. The molecule has 0 aromatic rings. The predicted octanol–water partition coefficient (Wildman–Crippen LogP) is 10.3. The number of nitriles is 1. The predicted molar refractivity (Wildman–Crippen MR) is 401 cm³/mol. The Labute approximate surface area is 670 Å². The van der Waals surface area contributed by atoms with Gasteiger partial charge in [-0.15, -0.1) is 0 Å². The van der Waals surface area contributed by atoms with E-state index >= 15 is 0 Å². The average Bonchev–Trinajstić information content (AvgIpc) is 1.51. The number of fused-ring (bicyclic) bond motifs is 30. The van der Waals surface area contributed by atoms with Crippen LogP contribution < -0.4 is 0 Å². The molecule has 0 radical (unpaired) electrons. The molecule has 30 unspecified atom stereocenters. The van der Waals surface area contributed by atoms with Gasteiger partial charge in [0.1, 0.15) is 78.7 Å². The summed E-state index contributed by atoms with van der Waals surface area (Å²) in [4.78, 5) is 149. The average molecular weight is 1600 g/mol. The largest absolute Gasteiger partial charge is 0.462 e. The first-order valence-electron chi connectivity index (χ1n) is 40.6. The van der Waals surface area contributed by atoms with Crippen molar-refractivity contribution >= 4 is 77.6 Å². The molecule has 18 aliphatic rings. The number of carbonyl (C=O) groups excluding carboxylic acids is 13. The van der Waals surface area contributed by atoms with Gasteiger partial charge in [-0.1, -0.05) is 109 Å². The third kappa shape index (κ3) is 14.0. The SMILES string of the molecule is C=C(C)C(=O)OC1CC2(C)C3OC(=O)CC3C1C2(C)C.C=C(C)C(=O)OC1CC2C3OC(=O)CC3C1C2(C)C.C=C(C)C(=O)OCC(=O)OC1CC2CC1C1CC(=O)OC21.C=CC(=O)OC1CC2(C)C3OC(=O)CC3C1C2(C)C.C=CC(=O)OC1CC2C3OC(=O)CC3C1C2(C)C.C=CC(=O)OC1CC2CC1(C#N)C1CC(=O)OC21. The zero-order valence-corrected chi connectivity index (χ0v) is 68.2. The van der Waals surface area contributed by atoms with E-state index in [-0.39, 0.29) is 242 Å². The van der Waals surface area contributed by atoms with Crippen LogP contribution >= 0.6 is 0 Å². The van der Waals surface area contributed by atoms with Crippen LogP contribution in [0.5, 0.6) is 0 Å². The molecular formula is C88H111NO26. The first kappa shape index (κ1) is 84.0. The molecule has 12 bridgehead atoms. The van der Waals surface area contributed by atoms with Crippen molar-refractivity contribution in [3.05, 3.63) is 74.4 Å². The smallest absolute Gasteiger partial charge is 0.344 e. The second kappa shape index (κ2) is 30.2. The van der Waals surface area contributed by atoms with E-state index in [4.69, 9.17) is 61.6 Å². The molecule has 12 saturated carbocycles. The van der Waals surface area contributed by atoms with Crippen LogP contribution in [-0.2, 0) is 124 Å². The summed E-state index contributed by atoms with van der Waals surface area (Å²) in [6.07, 6.45) is 10.9. The van der Waals surface area contributed by atoms with Crippen molar-refractivity contribution in [1.82, 2.24) is 0 Å². The molecule has 6 heterocycles. The Hall–Kier alpha value is -8.96. The molecular weight excluding hydrogens is 1490 g/mol. The Morgan fingerprint density at radius 2 is 0.809 bits per heavy atom. The van der Waals surface area contributed by atoms with E-state index in [1.807, 2.05) is 0 Å². The number of esters is 13. The van der Waals surface area contributed by atoms with Gasteiger partial charge in [-0.3, -0.25) is 28.8 Å². The molecule has 27 heteroatoms. The summed E-state index contributed by atoms with van der Waals surface area (Å²) < 4.78 is 70.2. The van der Waals surface area contributed by atoms with Gasteiger partial charge >= 0.3 is 77.6 Å². The van der Waals surface area contributed by atoms with Crippen molar-refractivity contribution < 1.29 is 124 Å². The fraction of sp³-hybridized carbons (Fsp3) is 0.705. The van der Waals surface area contributed by atoms with Gasteiger partial charge in [-0.2, -0.15) is 5.26 Å². The maximum Gasteiger partial charge on any atom is 0.344 e. The van der Waals surface area contributed by atoms with Crippen LogP contribution in [0.25, 0.3) is 0 Å². The van der Waals surface area contributed by atoms with Crippen molar-refractivity contribution in [2.75, 3.05) is 6.61 Å². The fourth-order valence-corrected chi connectivity index (χ4v) is 26.1. The highest BCUT2D eigenvalue weighted by atomic mass is 16.6. The van der Waals surface area contributed by atoms with E-state index in [1.165, 1.54) is 19.1 Å². The topological polar surface area (TPSA) is 366 Å². The molecule has 27 nitrogen and oxygen atoms in total. The molecule has 30 atom stereocenters. The van der Waals surface area contributed by atoms with Gasteiger partial charge in [-0.05, 0) is 93.8 Å². The quantitative estimate of drug-likeness (QED) is 0.0886. The normalized spacial score (nSPS) is 42.4. The molecule has 0 spiro atoms. The van der Waals surface area contributed by atoms with Gasteiger partial charge in [0.2, 0.25) is 0 Å². The highest BCUT2D eigenvalue weighted by Gasteiger charge is 2.77. The van der Waals surface area contributed by atoms with Crippen molar-refractivity contribution in [2.45, 2.75) is 253 Å². The number of nitrogens with zero attached hydrogens (tertiary/aromatic N) is 1. The van der Waals surface area contributed by atoms with Gasteiger partial charge in [0.05, 0.1) is 44.6 Å². The molecule has 6 aliphatic heterocycles.